The maximum atomic E-state index is 12.3. The number of H-pyrrole nitrogens is 1. The van der Waals surface area contributed by atoms with Gasteiger partial charge in [-0.05, 0) is 43.6 Å². The first-order chi connectivity index (χ1) is 14.4. The largest absolute Gasteiger partial charge is 0.389 e. The highest BCUT2D eigenvalue weighted by molar-refractivity contribution is 5.78. The van der Waals surface area contributed by atoms with E-state index in [1.165, 1.54) is 5.69 Å². The number of hydrogen-bond donors (Lipinski definition) is 1. The smallest absolute Gasteiger partial charge is 0.345 e. The van der Waals surface area contributed by atoms with Crippen LogP contribution in [0.5, 0.6) is 0 Å². The number of nitrogens with zero attached hydrogens (tertiary/aromatic N) is 3. The van der Waals surface area contributed by atoms with Crippen molar-refractivity contribution < 1.29 is 18.0 Å². The van der Waals surface area contributed by atoms with Crippen LogP contribution in [0, 0.1) is 11.8 Å². The Kier molecular flexibility index (Phi) is 5.84. The van der Waals surface area contributed by atoms with E-state index in [-0.39, 0.29) is 18.6 Å². The second-order valence-electron chi connectivity index (χ2n) is 8.50. The zero-order valence-electron chi connectivity index (χ0n) is 17.1. The molecule has 0 aliphatic heterocycles. The molecule has 3 atom stereocenters. The van der Waals surface area contributed by atoms with Gasteiger partial charge in [0.15, 0.2) is 11.3 Å². The molecular formula is C22H27F3N4O. The number of carbonyl (C=O) groups excluding carboxylic acids is 1. The number of aromatic nitrogens is 4. The molecular weight excluding hydrogens is 393 g/mol. The lowest BCUT2D eigenvalue weighted by Gasteiger charge is -2.17. The summed E-state index contributed by atoms with van der Waals surface area (Å²) in [5.74, 6) is 1.24. The average Bonchev–Trinajstić information content (AvgIpc) is 3.41. The van der Waals surface area contributed by atoms with Crippen molar-refractivity contribution in [2.24, 2.45) is 11.8 Å². The number of carbonyl (C=O) groups is 1. The predicted molar refractivity (Wildman–Crippen MR) is 108 cm³/mol. The standard InChI is InChI=1S/C22H27F3N4O/c1-2-15-10-14(5-6-16(30)4-3-8-22(23,24)25)11-17(15)19-12-27-20-13-28-21-18(29(19)20)7-9-26-21/h7,9,12-15,17,26H,2-6,8,10-11H2,1H3/t14?,15-,17+/m1/s1. The van der Waals surface area contributed by atoms with Crippen LogP contribution in [0.25, 0.3) is 16.8 Å². The SMILES string of the molecule is CC[C@@H]1CC(CCC(=O)CCCC(F)(F)F)C[C@@H]1c1cnc2cnc3[nH]ccc3n12. The Morgan fingerprint density at radius 3 is 2.83 bits per heavy atom. The van der Waals surface area contributed by atoms with Gasteiger partial charge in [-0.2, -0.15) is 13.2 Å². The molecule has 3 aromatic heterocycles. The number of aromatic amines is 1. The van der Waals surface area contributed by atoms with E-state index in [0.717, 1.165) is 42.5 Å². The highest BCUT2D eigenvalue weighted by Gasteiger charge is 2.36. The molecule has 162 valence electrons. The molecule has 0 aromatic carbocycles. The van der Waals surface area contributed by atoms with Crippen molar-refractivity contribution in [1.82, 2.24) is 19.4 Å². The lowest BCUT2D eigenvalue weighted by atomic mass is 9.91. The maximum absolute atomic E-state index is 12.3. The van der Waals surface area contributed by atoms with Crippen molar-refractivity contribution in [2.45, 2.75) is 70.4 Å². The lowest BCUT2D eigenvalue weighted by molar-refractivity contribution is -0.137. The van der Waals surface area contributed by atoms with E-state index in [0.29, 0.717) is 24.2 Å². The molecule has 1 fully saturated rings. The Bertz CT molecular complexity index is 1020. The van der Waals surface area contributed by atoms with Gasteiger partial charge in [-0.1, -0.05) is 13.3 Å². The van der Waals surface area contributed by atoms with E-state index in [1.807, 2.05) is 18.5 Å². The molecule has 8 heteroatoms. The van der Waals surface area contributed by atoms with Gasteiger partial charge < -0.3 is 4.98 Å². The fourth-order valence-corrected chi connectivity index (χ4v) is 5.02. The van der Waals surface area contributed by atoms with Crippen LogP contribution in [-0.2, 0) is 4.79 Å². The van der Waals surface area contributed by atoms with Crippen LogP contribution in [0.1, 0.15) is 69.9 Å². The number of alkyl halides is 3. The fraction of sp³-hybridized carbons (Fsp3) is 0.591. The van der Waals surface area contributed by atoms with Gasteiger partial charge in [-0.25, -0.2) is 9.97 Å². The van der Waals surface area contributed by atoms with Crippen molar-refractivity contribution in [3.63, 3.8) is 0 Å². The van der Waals surface area contributed by atoms with Gasteiger partial charge in [-0.15, -0.1) is 0 Å². The quantitative estimate of drug-likeness (QED) is 0.500. The van der Waals surface area contributed by atoms with Crippen LogP contribution in [0.2, 0.25) is 0 Å². The Hall–Kier alpha value is -2.38. The Labute approximate surface area is 173 Å². The van der Waals surface area contributed by atoms with Gasteiger partial charge in [0.2, 0.25) is 0 Å². The van der Waals surface area contributed by atoms with E-state index >= 15 is 0 Å². The molecule has 3 aromatic rings. The Balaban J connectivity index is 1.42. The summed E-state index contributed by atoms with van der Waals surface area (Å²) in [6.45, 7) is 2.19. The van der Waals surface area contributed by atoms with Gasteiger partial charge >= 0.3 is 6.18 Å². The Morgan fingerprint density at radius 1 is 1.23 bits per heavy atom. The van der Waals surface area contributed by atoms with Crippen molar-refractivity contribution in [1.29, 1.82) is 0 Å². The number of Topliss-reactive ketones (excluding diaryl/α,β-unsaturated/α-hetero) is 1. The van der Waals surface area contributed by atoms with Crippen molar-refractivity contribution in [2.75, 3.05) is 0 Å². The third-order valence-corrected chi connectivity index (χ3v) is 6.51. The molecule has 1 aliphatic carbocycles. The summed E-state index contributed by atoms with van der Waals surface area (Å²) >= 11 is 0. The minimum atomic E-state index is -4.18. The molecule has 0 saturated heterocycles. The second kappa shape index (κ2) is 8.40. The molecule has 3 heterocycles. The molecule has 1 aliphatic rings. The summed E-state index contributed by atoms with van der Waals surface area (Å²) in [6, 6.07) is 2.01. The summed E-state index contributed by atoms with van der Waals surface area (Å²) < 4.78 is 39.0. The van der Waals surface area contributed by atoms with E-state index < -0.39 is 12.6 Å². The summed E-state index contributed by atoms with van der Waals surface area (Å²) in [4.78, 5) is 24.2. The van der Waals surface area contributed by atoms with Crippen LogP contribution in [0.4, 0.5) is 13.2 Å². The summed E-state index contributed by atoms with van der Waals surface area (Å²) in [5.41, 5.74) is 3.85. The first-order valence-corrected chi connectivity index (χ1v) is 10.7. The van der Waals surface area contributed by atoms with Gasteiger partial charge in [0.05, 0.1) is 11.7 Å². The second-order valence-corrected chi connectivity index (χ2v) is 8.50. The number of halogens is 3. The number of ketones is 1. The molecule has 1 N–H and O–H groups in total. The molecule has 30 heavy (non-hydrogen) atoms. The number of imidazole rings is 1. The number of rotatable bonds is 8. The first kappa shape index (κ1) is 20.9. The van der Waals surface area contributed by atoms with Crippen molar-refractivity contribution in [3.8, 4) is 0 Å². The molecule has 1 unspecified atom stereocenters. The number of fused-ring (bicyclic) bond motifs is 3. The monoisotopic (exact) mass is 420 g/mol. The third kappa shape index (κ3) is 4.37. The average molecular weight is 420 g/mol. The van der Waals surface area contributed by atoms with Crippen molar-refractivity contribution in [3.05, 3.63) is 30.4 Å². The van der Waals surface area contributed by atoms with Crippen LogP contribution < -0.4 is 0 Å². The number of nitrogens with one attached hydrogen (secondary N) is 1. The van der Waals surface area contributed by atoms with Crippen LogP contribution in [-0.4, -0.2) is 31.3 Å². The third-order valence-electron chi connectivity index (χ3n) is 6.51. The van der Waals surface area contributed by atoms with Crippen molar-refractivity contribution >= 4 is 22.6 Å². The minimum absolute atomic E-state index is 0.0264. The van der Waals surface area contributed by atoms with E-state index in [1.54, 1.807) is 6.20 Å². The van der Waals surface area contributed by atoms with Gasteiger partial charge in [-0.3, -0.25) is 9.20 Å². The van der Waals surface area contributed by atoms with Crippen LogP contribution in [0.15, 0.2) is 24.7 Å². The fourth-order valence-electron chi connectivity index (χ4n) is 5.02. The normalized spacial score (nSPS) is 22.3. The zero-order chi connectivity index (χ0) is 21.3. The van der Waals surface area contributed by atoms with E-state index in [9.17, 15) is 18.0 Å². The highest BCUT2D eigenvalue weighted by atomic mass is 19.4. The molecule has 1 saturated carbocycles. The lowest BCUT2D eigenvalue weighted by Crippen LogP contribution is -2.09. The first-order valence-electron chi connectivity index (χ1n) is 10.7. The zero-order valence-corrected chi connectivity index (χ0v) is 17.1. The van der Waals surface area contributed by atoms with E-state index in [4.69, 9.17) is 0 Å². The minimum Gasteiger partial charge on any atom is -0.345 e. The van der Waals surface area contributed by atoms with Crippen LogP contribution >= 0.6 is 0 Å². The van der Waals surface area contributed by atoms with Gasteiger partial charge in [0, 0.05) is 43.3 Å². The highest BCUT2D eigenvalue weighted by Crippen LogP contribution is 2.46. The molecule has 0 radical (unpaired) electrons. The molecule has 0 bridgehead atoms. The molecule has 5 nitrogen and oxygen atoms in total. The van der Waals surface area contributed by atoms with Crippen LogP contribution in [0.3, 0.4) is 0 Å². The van der Waals surface area contributed by atoms with Gasteiger partial charge in [0.25, 0.3) is 0 Å². The molecule has 0 amide bonds. The molecule has 4 rings (SSSR count). The number of hydrogen-bond acceptors (Lipinski definition) is 3. The summed E-state index contributed by atoms with van der Waals surface area (Å²) in [7, 11) is 0. The summed E-state index contributed by atoms with van der Waals surface area (Å²) in [5, 5.41) is 0. The Morgan fingerprint density at radius 2 is 2.07 bits per heavy atom. The maximum Gasteiger partial charge on any atom is 0.389 e. The van der Waals surface area contributed by atoms with Gasteiger partial charge in [0.1, 0.15) is 5.78 Å². The van der Waals surface area contributed by atoms with E-state index in [2.05, 4.69) is 26.3 Å². The molecule has 0 spiro atoms. The topological polar surface area (TPSA) is 63.0 Å². The summed E-state index contributed by atoms with van der Waals surface area (Å²) in [6.07, 6.45) is 4.68. The predicted octanol–water partition coefficient (Wildman–Crippen LogP) is 5.81.